The normalized spacial score (nSPS) is 15.7. The summed E-state index contributed by atoms with van der Waals surface area (Å²) >= 11 is 0. The third kappa shape index (κ3) is 3.06. The van der Waals surface area contributed by atoms with Gasteiger partial charge in [0.15, 0.2) is 0 Å². The number of carbonyl (C=O) groups excluding carboxylic acids is 1. The van der Waals surface area contributed by atoms with Crippen molar-refractivity contribution in [2.24, 2.45) is 5.92 Å². The Hall–Kier alpha value is -1.35. The minimum atomic E-state index is -0.0923. The minimum Gasteiger partial charge on any atom is -0.461 e. The van der Waals surface area contributed by atoms with Crippen LogP contribution in [0.5, 0.6) is 0 Å². The highest BCUT2D eigenvalue weighted by Gasteiger charge is 2.20. The van der Waals surface area contributed by atoms with E-state index in [9.17, 15) is 4.79 Å². The van der Waals surface area contributed by atoms with E-state index in [-0.39, 0.29) is 5.97 Å². The fraction of sp³-hybridized carbons (Fsp3) is 0.417. The van der Waals surface area contributed by atoms with Crippen molar-refractivity contribution in [1.82, 2.24) is 5.32 Å². The first-order valence-electron chi connectivity index (χ1n) is 5.25. The number of carbonyl (C=O) groups is 1. The summed E-state index contributed by atoms with van der Waals surface area (Å²) in [5.41, 5.74) is 1.04. The molecule has 0 saturated carbocycles. The molecule has 15 heavy (non-hydrogen) atoms. The molecule has 0 aromatic heterocycles. The zero-order chi connectivity index (χ0) is 10.5. The molecule has 1 heterocycles. The molecule has 1 aromatic rings. The lowest BCUT2D eigenvalue weighted by molar-refractivity contribution is -0.146. The largest absolute Gasteiger partial charge is 0.461 e. The first-order valence-corrected chi connectivity index (χ1v) is 5.25. The number of hydrogen-bond acceptors (Lipinski definition) is 3. The van der Waals surface area contributed by atoms with Gasteiger partial charge >= 0.3 is 5.97 Å². The van der Waals surface area contributed by atoms with E-state index in [4.69, 9.17) is 4.74 Å². The Labute approximate surface area is 89.4 Å². The van der Waals surface area contributed by atoms with Gasteiger partial charge in [0.1, 0.15) is 6.61 Å². The van der Waals surface area contributed by atoms with Crippen LogP contribution >= 0.6 is 0 Å². The van der Waals surface area contributed by atoms with Gasteiger partial charge in [-0.05, 0) is 24.6 Å². The molecule has 1 N–H and O–H groups in total. The van der Waals surface area contributed by atoms with Crippen molar-refractivity contribution in [3.05, 3.63) is 35.9 Å². The molecule has 3 heteroatoms. The van der Waals surface area contributed by atoms with Gasteiger partial charge in [0.05, 0.1) is 6.42 Å². The highest BCUT2D eigenvalue weighted by atomic mass is 16.5. The lowest BCUT2D eigenvalue weighted by atomic mass is 10.00. The maximum Gasteiger partial charge on any atom is 0.306 e. The Morgan fingerprint density at radius 1 is 1.33 bits per heavy atom. The molecule has 1 aromatic carbocycles. The molecule has 0 unspecified atom stereocenters. The number of ether oxygens (including phenoxy) is 1. The summed E-state index contributed by atoms with van der Waals surface area (Å²) in [4.78, 5) is 11.4. The summed E-state index contributed by atoms with van der Waals surface area (Å²) in [5.74, 6) is 0.388. The van der Waals surface area contributed by atoms with Crippen molar-refractivity contribution >= 4 is 5.97 Å². The van der Waals surface area contributed by atoms with E-state index in [0.29, 0.717) is 18.9 Å². The number of esters is 1. The maximum atomic E-state index is 11.4. The van der Waals surface area contributed by atoms with Crippen LogP contribution in [0.1, 0.15) is 12.0 Å². The van der Waals surface area contributed by atoms with E-state index in [1.807, 2.05) is 30.3 Å². The van der Waals surface area contributed by atoms with Crippen LogP contribution in [0.25, 0.3) is 0 Å². The molecule has 0 bridgehead atoms. The van der Waals surface area contributed by atoms with Crippen molar-refractivity contribution in [2.45, 2.75) is 13.0 Å². The highest BCUT2D eigenvalue weighted by Crippen LogP contribution is 2.10. The molecule has 0 atom stereocenters. The van der Waals surface area contributed by atoms with Gasteiger partial charge in [0, 0.05) is 0 Å². The molecule has 0 radical (unpaired) electrons. The lowest BCUT2D eigenvalue weighted by Crippen LogP contribution is -2.43. The van der Waals surface area contributed by atoms with E-state index in [2.05, 4.69) is 5.32 Å². The number of rotatable bonds is 4. The first-order chi connectivity index (χ1) is 7.34. The SMILES string of the molecule is O=C(CC1CNC1)OCc1ccccc1. The van der Waals surface area contributed by atoms with Crippen LogP contribution in [-0.4, -0.2) is 19.1 Å². The molecule has 0 amide bonds. The monoisotopic (exact) mass is 205 g/mol. The van der Waals surface area contributed by atoms with Gasteiger partial charge in [-0.15, -0.1) is 0 Å². The summed E-state index contributed by atoms with van der Waals surface area (Å²) in [6, 6.07) is 9.75. The molecular weight excluding hydrogens is 190 g/mol. The van der Waals surface area contributed by atoms with E-state index >= 15 is 0 Å². The van der Waals surface area contributed by atoms with Crippen LogP contribution in [0.3, 0.4) is 0 Å². The van der Waals surface area contributed by atoms with Crippen LogP contribution < -0.4 is 5.32 Å². The maximum absolute atomic E-state index is 11.4. The second kappa shape index (κ2) is 4.94. The molecular formula is C12H15NO2. The summed E-state index contributed by atoms with van der Waals surface area (Å²) in [7, 11) is 0. The van der Waals surface area contributed by atoms with Crippen LogP contribution in [0.15, 0.2) is 30.3 Å². The number of hydrogen-bond donors (Lipinski definition) is 1. The van der Waals surface area contributed by atoms with Gasteiger partial charge in [-0.25, -0.2) is 0 Å². The van der Waals surface area contributed by atoms with E-state index in [0.717, 1.165) is 18.7 Å². The van der Waals surface area contributed by atoms with Crippen LogP contribution in [0, 0.1) is 5.92 Å². The highest BCUT2D eigenvalue weighted by molar-refractivity contribution is 5.69. The molecule has 0 spiro atoms. The second-order valence-corrected chi connectivity index (χ2v) is 3.87. The van der Waals surface area contributed by atoms with Gasteiger partial charge in [0.2, 0.25) is 0 Å². The molecule has 1 aliphatic rings. The molecule has 2 rings (SSSR count). The lowest BCUT2D eigenvalue weighted by Gasteiger charge is -2.25. The van der Waals surface area contributed by atoms with Crippen LogP contribution in [-0.2, 0) is 16.1 Å². The first kappa shape index (κ1) is 10.2. The van der Waals surface area contributed by atoms with Gasteiger partial charge < -0.3 is 10.1 Å². The zero-order valence-electron chi connectivity index (χ0n) is 8.61. The average Bonchev–Trinajstić information content (AvgIpc) is 2.22. The third-order valence-electron chi connectivity index (χ3n) is 2.56. The van der Waals surface area contributed by atoms with E-state index < -0.39 is 0 Å². The Morgan fingerprint density at radius 3 is 2.67 bits per heavy atom. The summed E-state index contributed by atoms with van der Waals surface area (Å²) in [6.07, 6.45) is 0.542. The van der Waals surface area contributed by atoms with Crippen molar-refractivity contribution in [2.75, 3.05) is 13.1 Å². The molecule has 1 saturated heterocycles. The fourth-order valence-electron chi connectivity index (χ4n) is 1.53. The van der Waals surface area contributed by atoms with Crippen LogP contribution in [0.2, 0.25) is 0 Å². The Morgan fingerprint density at radius 2 is 2.07 bits per heavy atom. The smallest absolute Gasteiger partial charge is 0.306 e. The van der Waals surface area contributed by atoms with Crippen molar-refractivity contribution < 1.29 is 9.53 Å². The molecule has 1 fully saturated rings. The van der Waals surface area contributed by atoms with Gasteiger partial charge in [-0.3, -0.25) is 4.79 Å². The predicted molar refractivity (Wildman–Crippen MR) is 57.2 cm³/mol. The summed E-state index contributed by atoms with van der Waals surface area (Å²) in [6.45, 7) is 2.28. The summed E-state index contributed by atoms with van der Waals surface area (Å²) in [5, 5.41) is 3.13. The number of nitrogens with one attached hydrogen (secondary N) is 1. The molecule has 80 valence electrons. The summed E-state index contributed by atoms with van der Waals surface area (Å²) < 4.78 is 5.17. The minimum absolute atomic E-state index is 0.0923. The zero-order valence-corrected chi connectivity index (χ0v) is 8.61. The third-order valence-corrected chi connectivity index (χ3v) is 2.56. The molecule has 3 nitrogen and oxygen atoms in total. The van der Waals surface area contributed by atoms with Crippen LogP contribution in [0.4, 0.5) is 0 Å². The standard InChI is InChI=1S/C12H15NO2/c14-12(6-11-7-13-8-11)15-9-10-4-2-1-3-5-10/h1-5,11,13H,6-9H2. The fourth-order valence-corrected chi connectivity index (χ4v) is 1.53. The van der Waals surface area contributed by atoms with E-state index in [1.54, 1.807) is 0 Å². The van der Waals surface area contributed by atoms with Crippen molar-refractivity contribution in [1.29, 1.82) is 0 Å². The Balaban J connectivity index is 1.71. The quantitative estimate of drug-likeness (QED) is 0.754. The number of benzene rings is 1. The average molecular weight is 205 g/mol. The van der Waals surface area contributed by atoms with E-state index in [1.165, 1.54) is 0 Å². The molecule has 1 aliphatic heterocycles. The van der Waals surface area contributed by atoms with Gasteiger partial charge in [-0.2, -0.15) is 0 Å². The topological polar surface area (TPSA) is 38.3 Å². The van der Waals surface area contributed by atoms with Gasteiger partial charge in [0.25, 0.3) is 0 Å². The van der Waals surface area contributed by atoms with Crippen molar-refractivity contribution in [3.63, 3.8) is 0 Å². The second-order valence-electron chi connectivity index (χ2n) is 3.87. The van der Waals surface area contributed by atoms with Gasteiger partial charge in [-0.1, -0.05) is 30.3 Å². The Bertz CT molecular complexity index is 320. The molecule has 0 aliphatic carbocycles. The predicted octanol–water partition coefficient (Wildman–Crippen LogP) is 1.34. The van der Waals surface area contributed by atoms with Crippen molar-refractivity contribution in [3.8, 4) is 0 Å². The Kier molecular flexibility index (Phi) is 3.35.